The number of methoxy groups -OCH3 is 1. The molecule has 1 aliphatic heterocycles. The summed E-state index contributed by atoms with van der Waals surface area (Å²) in [6.07, 6.45) is 0. The Bertz CT molecular complexity index is 866. The number of aromatic nitrogens is 2. The van der Waals surface area contributed by atoms with Gasteiger partial charge in [0, 0.05) is 5.69 Å². The van der Waals surface area contributed by atoms with E-state index in [4.69, 9.17) is 17.0 Å². The van der Waals surface area contributed by atoms with Gasteiger partial charge in [0.25, 0.3) is 0 Å². The molecule has 1 atom stereocenters. The summed E-state index contributed by atoms with van der Waals surface area (Å²) < 4.78 is 8.04. The van der Waals surface area contributed by atoms with Crippen molar-refractivity contribution in [3.63, 3.8) is 0 Å². The Morgan fingerprint density at radius 2 is 1.82 bits per heavy atom. The van der Waals surface area contributed by atoms with Crippen LogP contribution in [-0.2, 0) is 0 Å². The van der Waals surface area contributed by atoms with Gasteiger partial charge in [-0.3, -0.25) is 4.57 Å². The lowest BCUT2D eigenvalue weighted by molar-refractivity contribution is 0.414. The quantitative estimate of drug-likeness (QED) is 0.705. The van der Waals surface area contributed by atoms with Gasteiger partial charge in [0.1, 0.15) is 10.8 Å². The summed E-state index contributed by atoms with van der Waals surface area (Å²) in [5.74, 6) is 0.847. The monoisotopic (exact) mass is 326 g/mol. The van der Waals surface area contributed by atoms with Gasteiger partial charge in [-0.25, -0.2) is 0 Å². The second kappa shape index (κ2) is 5.34. The number of fused-ring (bicyclic) bond motifs is 1. The van der Waals surface area contributed by atoms with E-state index in [1.165, 1.54) is 16.3 Å². The second-order valence-corrected chi connectivity index (χ2v) is 6.57. The summed E-state index contributed by atoms with van der Waals surface area (Å²) in [4.78, 5) is 3.36. The van der Waals surface area contributed by atoms with Crippen LogP contribution < -0.4 is 4.74 Å². The number of benzene rings is 2. The average molecular weight is 326 g/mol. The molecule has 0 radical (unpaired) electrons. The van der Waals surface area contributed by atoms with Crippen LogP contribution in [0.5, 0.6) is 5.75 Å². The molecular formula is C17H14N2OS2. The zero-order valence-electron chi connectivity index (χ0n) is 11.9. The van der Waals surface area contributed by atoms with E-state index >= 15 is 0 Å². The molecule has 110 valence electrons. The van der Waals surface area contributed by atoms with Gasteiger partial charge in [-0.15, -0.1) is 0 Å². The fraction of sp³-hybridized carbons (Fsp3) is 0.118. The molecule has 2 heterocycles. The number of aromatic amines is 1. The standard InChI is InChI=1S/C17H14N2OS2/c1-20-13-9-7-12(8-10-13)19-16-14(18-17(19)21)15(22-16)11-5-3-2-4-6-11/h2-10,15H,1H3,(H,18,21). The van der Waals surface area contributed by atoms with Gasteiger partial charge in [-0.2, -0.15) is 0 Å². The minimum atomic E-state index is 0.345. The summed E-state index contributed by atoms with van der Waals surface area (Å²) >= 11 is 7.35. The first-order valence-electron chi connectivity index (χ1n) is 6.99. The molecule has 1 unspecified atom stereocenters. The van der Waals surface area contributed by atoms with Crippen LogP contribution in [0.1, 0.15) is 16.5 Å². The van der Waals surface area contributed by atoms with Crippen molar-refractivity contribution in [2.75, 3.05) is 7.11 Å². The van der Waals surface area contributed by atoms with E-state index in [2.05, 4.69) is 33.8 Å². The fourth-order valence-electron chi connectivity index (χ4n) is 2.67. The number of hydrogen-bond donors (Lipinski definition) is 1. The Kier molecular flexibility index (Phi) is 3.32. The van der Waals surface area contributed by atoms with Crippen molar-refractivity contribution >= 4 is 24.0 Å². The first kappa shape index (κ1) is 13.7. The number of thioether (sulfide) groups is 1. The number of imidazole rings is 1. The smallest absolute Gasteiger partial charge is 0.182 e. The maximum Gasteiger partial charge on any atom is 0.182 e. The van der Waals surface area contributed by atoms with E-state index < -0.39 is 0 Å². The normalized spacial score (nSPS) is 16.0. The molecule has 3 aromatic rings. The summed E-state index contributed by atoms with van der Waals surface area (Å²) in [6, 6.07) is 18.5. The van der Waals surface area contributed by atoms with Crippen LogP contribution in [0.4, 0.5) is 0 Å². The van der Waals surface area contributed by atoms with Gasteiger partial charge in [0.05, 0.1) is 18.1 Å². The Balaban J connectivity index is 1.74. The highest BCUT2D eigenvalue weighted by atomic mass is 32.2. The first-order chi connectivity index (χ1) is 10.8. The van der Waals surface area contributed by atoms with Crippen molar-refractivity contribution in [3.8, 4) is 11.4 Å². The lowest BCUT2D eigenvalue weighted by Crippen LogP contribution is -2.10. The van der Waals surface area contributed by atoms with Crippen LogP contribution in [0.2, 0.25) is 0 Å². The molecule has 0 spiro atoms. The van der Waals surface area contributed by atoms with Crippen molar-refractivity contribution in [1.29, 1.82) is 0 Å². The van der Waals surface area contributed by atoms with Crippen LogP contribution in [0.3, 0.4) is 0 Å². The van der Waals surface area contributed by atoms with Gasteiger partial charge >= 0.3 is 0 Å². The van der Waals surface area contributed by atoms with Crippen molar-refractivity contribution < 1.29 is 4.74 Å². The number of H-pyrrole nitrogens is 1. The lowest BCUT2D eigenvalue weighted by Gasteiger charge is -2.26. The molecular weight excluding hydrogens is 312 g/mol. The third-order valence-electron chi connectivity index (χ3n) is 3.80. The van der Waals surface area contributed by atoms with Crippen molar-refractivity contribution in [1.82, 2.24) is 9.55 Å². The highest BCUT2D eigenvalue weighted by Crippen LogP contribution is 2.53. The molecule has 1 N–H and O–H groups in total. The molecule has 3 nitrogen and oxygen atoms in total. The average Bonchev–Trinajstić information content (AvgIpc) is 2.80. The summed E-state index contributed by atoms with van der Waals surface area (Å²) in [7, 11) is 1.67. The van der Waals surface area contributed by atoms with Crippen molar-refractivity contribution in [3.05, 3.63) is 70.6 Å². The van der Waals surface area contributed by atoms with E-state index in [1.807, 2.05) is 42.1 Å². The molecule has 0 aliphatic carbocycles. The molecule has 0 saturated carbocycles. The largest absolute Gasteiger partial charge is 0.497 e. The second-order valence-electron chi connectivity index (χ2n) is 5.09. The molecule has 1 aliphatic rings. The maximum absolute atomic E-state index is 5.51. The molecule has 2 aromatic carbocycles. The summed E-state index contributed by atoms with van der Waals surface area (Å²) in [5, 5.41) is 1.54. The van der Waals surface area contributed by atoms with Gasteiger partial charge in [0.2, 0.25) is 0 Å². The SMILES string of the molecule is COc1ccc(-n2c3c([nH]c2=S)C(c2ccccc2)S3)cc1. The highest BCUT2D eigenvalue weighted by Gasteiger charge is 2.34. The fourth-order valence-corrected chi connectivity index (χ4v) is 4.25. The summed E-state index contributed by atoms with van der Waals surface area (Å²) in [6.45, 7) is 0. The molecule has 0 bridgehead atoms. The number of ether oxygens (including phenoxy) is 1. The zero-order valence-corrected chi connectivity index (χ0v) is 13.6. The van der Waals surface area contributed by atoms with Gasteiger partial charge < -0.3 is 9.72 Å². The van der Waals surface area contributed by atoms with Crippen LogP contribution in [-0.4, -0.2) is 16.7 Å². The van der Waals surface area contributed by atoms with Crippen LogP contribution in [0, 0.1) is 4.77 Å². The molecule has 5 heteroatoms. The van der Waals surface area contributed by atoms with E-state index in [0.29, 0.717) is 5.25 Å². The Morgan fingerprint density at radius 3 is 2.50 bits per heavy atom. The van der Waals surface area contributed by atoms with Crippen LogP contribution in [0.25, 0.3) is 5.69 Å². The predicted octanol–water partition coefficient (Wildman–Crippen LogP) is 4.74. The zero-order chi connectivity index (χ0) is 15.1. The van der Waals surface area contributed by atoms with Gasteiger partial charge in [0.15, 0.2) is 4.77 Å². The molecule has 1 aromatic heterocycles. The Morgan fingerprint density at radius 1 is 1.09 bits per heavy atom. The summed E-state index contributed by atoms with van der Waals surface area (Å²) in [5.41, 5.74) is 3.57. The van der Waals surface area contributed by atoms with E-state index in [1.54, 1.807) is 7.11 Å². The number of hydrogen-bond acceptors (Lipinski definition) is 3. The van der Waals surface area contributed by atoms with E-state index in [9.17, 15) is 0 Å². The maximum atomic E-state index is 5.51. The topological polar surface area (TPSA) is 29.9 Å². The number of nitrogens with zero attached hydrogens (tertiary/aromatic N) is 1. The van der Waals surface area contributed by atoms with Gasteiger partial charge in [-0.05, 0) is 42.0 Å². The van der Waals surface area contributed by atoms with Gasteiger partial charge in [-0.1, -0.05) is 42.1 Å². The highest BCUT2D eigenvalue weighted by molar-refractivity contribution is 8.01. The van der Waals surface area contributed by atoms with E-state index in [0.717, 1.165) is 16.2 Å². The molecule has 0 amide bonds. The van der Waals surface area contributed by atoms with Crippen LogP contribution >= 0.6 is 24.0 Å². The van der Waals surface area contributed by atoms with Crippen LogP contribution in [0.15, 0.2) is 59.6 Å². The van der Waals surface area contributed by atoms with Crippen molar-refractivity contribution in [2.24, 2.45) is 0 Å². The minimum absolute atomic E-state index is 0.345. The number of rotatable bonds is 3. The Labute approximate surface area is 138 Å². The molecule has 0 fully saturated rings. The first-order valence-corrected chi connectivity index (χ1v) is 8.27. The molecule has 4 rings (SSSR count). The Hall–Kier alpha value is -1.98. The third kappa shape index (κ3) is 2.09. The van der Waals surface area contributed by atoms with Crippen molar-refractivity contribution in [2.45, 2.75) is 10.3 Å². The van der Waals surface area contributed by atoms with E-state index in [-0.39, 0.29) is 0 Å². The third-order valence-corrected chi connectivity index (χ3v) is 5.46. The molecule has 0 saturated heterocycles. The molecule has 22 heavy (non-hydrogen) atoms. The predicted molar refractivity (Wildman–Crippen MR) is 91.6 cm³/mol. The number of nitrogens with one attached hydrogen (secondary N) is 1. The minimum Gasteiger partial charge on any atom is -0.497 e. The lowest BCUT2D eigenvalue weighted by atomic mass is 10.1.